The zero-order valence-electron chi connectivity index (χ0n) is 10.4. The fourth-order valence-corrected chi connectivity index (χ4v) is 2.13. The van der Waals surface area contributed by atoms with E-state index in [1.807, 2.05) is 31.2 Å². The molecule has 0 unspecified atom stereocenters. The summed E-state index contributed by atoms with van der Waals surface area (Å²) in [5.41, 5.74) is 0. The van der Waals surface area contributed by atoms with Gasteiger partial charge in [0.1, 0.15) is 11.5 Å². The van der Waals surface area contributed by atoms with Gasteiger partial charge in [-0.15, -0.1) is 0 Å². The minimum atomic E-state index is 0.00359. The van der Waals surface area contributed by atoms with E-state index in [1.54, 1.807) is 13.4 Å². The van der Waals surface area contributed by atoms with Crippen molar-refractivity contribution >= 4 is 15.9 Å². The molecule has 0 fully saturated rings. The summed E-state index contributed by atoms with van der Waals surface area (Å²) in [4.78, 5) is 0. The maximum absolute atomic E-state index is 5.52. The first-order valence-corrected chi connectivity index (χ1v) is 6.53. The summed E-state index contributed by atoms with van der Waals surface area (Å²) >= 11 is 3.30. The van der Waals surface area contributed by atoms with Gasteiger partial charge in [-0.25, -0.2) is 0 Å². The van der Waals surface area contributed by atoms with Crippen LogP contribution in [0.15, 0.2) is 44.0 Å². The number of ether oxygens (including phenoxy) is 1. The zero-order chi connectivity index (χ0) is 13.0. The molecule has 0 aliphatic heterocycles. The third kappa shape index (κ3) is 3.25. The van der Waals surface area contributed by atoms with Gasteiger partial charge in [-0.3, -0.25) is 5.32 Å². The van der Waals surface area contributed by atoms with Gasteiger partial charge in [-0.1, -0.05) is 0 Å². The molecule has 2 heterocycles. The zero-order valence-corrected chi connectivity index (χ0v) is 11.9. The van der Waals surface area contributed by atoms with Gasteiger partial charge >= 0.3 is 0 Å². The fourth-order valence-electron chi connectivity index (χ4n) is 1.81. The highest BCUT2D eigenvalue weighted by molar-refractivity contribution is 9.10. The summed E-state index contributed by atoms with van der Waals surface area (Å²) in [6, 6.07) is 7.69. The van der Waals surface area contributed by atoms with Gasteiger partial charge in [0.25, 0.3) is 0 Å². The first-order valence-electron chi connectivity index (χ1n) is 5.74. The third-order valence-electron chi connectivity index (χ3n) is 2.69. The number of methoxy groups -OCH3 is 1. The Kier molecular flexibility index (Phi) is 4.63. The van der Waals surface area contributed by atoms with E-state index in [0.717, 1.165) is 16.2 Å². The molecular weight excluding hydrogens is 298 g/mol. The average molecular weight is 314 g/mol. The lowest BCUT2D eigenvalue weighted by atomic mass is 10.2. The van der Waals surface area contributed by atoms with Gasteiger partial charge in [-0.2, -0.15) is 0 Å². The van der Waals surface area contributed by atoms with Crippen LogP contribution in [0.1, 0.15) is 30.5 Å². The molecule has 0 amide bonds. The highest BCUT2D eigenvalue weighted by Crippen LogP contribution is 2.23. The molecule has 1 N–H and O–H groups in total. The van der Waals surface area contributed by atoms with Crippen LogP contribution in [0.5, 0.6) is 0 Å². The van der Waals surface area contributed by atoms with Crippen molar-refractivity contribution in [2.75, 3.05) is 13.7 Å². The van der Waals surface area contributed by atoms with E-state index in [0.29, 0.717) is 6.61 Å². The van der Waals surface area contributed by atoms with Gasteiger partial charge in [0, 0.05) is 7.11 Å². The van der Waals surface area contributed by atoms with Crippen LogP contribution in [-0.4, -0.2) is 13.7 Å². The average Bonchev–Trinajstić information content (AvgIpc) is 2.98. The Labute approximate surface area is 114 Å². The van der Waals surface area contributed by atoms with E-state index < -0.39 is 0 Å². The Morgan fingerprint density at radius 1 is 1.33 bits per heavy atom. The van der Waals surface area contributed by atoms with Crippen molar-refractivity contribution in [3.63, 3.8) is 0 Å². The molecular formula is C13H16BrNO3. The monoisotopic (exact) mass is 313 g/mol. The van der Waals surface area contributed by atoms with Crippen molar-refractivity contribution in [2.45, 2.75) is 19.0 Å². The number of hydrogen-bond acceptors (Lipinski definition) is 4. The standard InChI is InChI=1S/C13H16BrNO3/c1-9(11-5-6-13(14)18-11)15-10(8-16-2)12-4-3-7-17-12/h3-7,9-10,15H,8H2,1-2H3/t9-,10-/m1/s1. The Balaban J connectivity index is 2.05. The van der Waals surface area contributed by atoms with Crippen LogP contribution in [-0.2, 0) is 4.74 Å². The van der Waals surface area contributed by atoms with Crippen LogP contribution < -0.4 is 5.32 Å². The molecule has 0 radical (unpaired) electrons. The first-order chi connectivity index (χ1) is 8.70. The van der Waals surface area contributed by atoms with Crippen LogP contribution in [0.3, 0.4) is 0 Å². The van der Waals surface area contributed by atoms with E-state index in [4.69, 9.17) is 13.6 Å². The molecule has 2 rings (SSSR count). The van der Waals surface area contributed by atoms with Crippen molar-refractivity contribution in [2.24, 2.45) is 0 Å². The number of halogens is 1. The van der Waals surface area contributed by atoms with Gasteiger partial charge < -0.3 is 13.6 Å². The molecule has 0 aliphatic carbocycles. The molecule has 2 aromatic heterocycles. The molecule has 5 heteroatoms. The molecule has 0 aromatic carbocycles. The molecule has 0 spiro atoms. The number of furan rings is 2. The molecule has 2 atom stereocenters. The smallest absolute Gasteiger partial charge is 0.169 e. The lowest BCUT2D eigenvalue weighted by Crippen LogP contribution is -2.27. The number of rotatable bonds is 6. The number of nitrogens with one attached hydrogen (secondary N) is 1. The molecule has 18 heavy (non-hydrogen) atoms. The van der Waals surface area contributed by atoms with Crippen molar-refractivity contribution < 1.29 is 13.6 Å². The fraction of sp³-hybridized carbons (Fsp3) is 0.385. The van der Waals surface area contributed by atoms with Crippen LogP contribution in [0.2, 0.25) is 0 Å². The van der Waals surface area contributed by atoms with E-state index in [9.17, 15) is 0 Å². The molecule has 0 bridgehead atoms. The Morgan fingerprint density at radius 3 is 2.72 bits per heavy atom. The van der Waals surface area contributed by atoms with Gasteiger partial charge in [0.05, 0.1) is 25.0 Å². The van der Waals surface area contributed by atoms with Crippen LogP contribution in [0.4, 0.5) is 0 Å². The second kappa shape index (κ2) is 6.22. The van der Waals surface area contributed by atoms with Crippen molar-refractivity contribution in [1.29, 1.82) is 0 Å². The SMILES string of the molecule is COC[C@@H](N[C@H](C)c1ccc(Br)o1)c1ccco1. The summed E-state index contributed by atoms with van der Waals surface area (Å²) in [6.07, 6.45) is 1.66. The molecule has 4 nitrogen and oxygen atoms in total. The largest absolute Gasteiger partial charge is 0.468 e. The predicted molar refractivity (Wildman–Crippen MR) is 71.3 cm³/mol. The maximum Gasteiger partial charge on any atom is 0.169 e. The minimum Gasteiger partial charge on any atom is -0.468 e. The molecule has 98 valence electrons. The molecule has 2 aromatic rings. The highest BCUT2D eigenvalue weighted by Gasteiger charge is 2.19. The summed E-state index contributed by atoms with van der Waals surface area (Å²) in [5, 5.41) is 3.42. The summed E-state index contributed by atoms with van der Waals surface area (Å²) in [7, 11) is 1.67. The quantitative estimate of drug-likeness (QED) is 0.884. The Bertz CT molecular complexity index is 466. The van der Waals surface area contributed by atoms with E-state index in [2.05, 4.69) is 21.2 Å². The second-order valence-electron chi connectivity index (χ2n) is 4.05. The summed E-state index contributed by atoms with van der Waals surface area (Å²) in [6.45, 7) is 2.58. The van der Waals surface area contributed by atoms with Gasteiger partial charge in [0.15, 0.2) is 4.67 Å². The predicted octanol–water partition coefficient (Wildman–Crippen LogP) is 3.67. The molecule has 0 saturated heterocycles. The van der Waals surface area contributed by atoms with Crippen LogP contribution >= 0.6 is 15.9 Å². The second-order valence-corrected chi connectivity index (χ2v) is 4.84. The van der Waals surface area contributed by atoms with Crippen molar-refractivity contribution in [3.05, 3.63) is 46.7 Å². The lowest BCUT2D eigenvalue weighted by molar-refractivity contribution is 0.150. The van der Waals surface area contributed by atoms with Crippen molar-refractivity contribution in [3.8, 4) is 0 Å². The maximum atomic E-state index is 5.52. The highest BCUT2D eigenvalue weighted by atomic mass is 79.9. The van der Waals surface area contributed by atoms with E-state index >= 15 is 0 Å². The minimum absolute atomic E-state index is 0.00359. The Morgan fingerprint density at radius 2 is 2.17 bits per heavy atom. The summed E-state index contributed by atoms with van der Waals surface area (Å²) < 4.78 is 16.9. The number of hydrogen-bond donors (Lipinski definition) is 1. The molecule has 0 aliphatic rings. The molecule has 0 saturated carbocycles. The van der Waals surface area contributed by atoms with E-state index in [1.165, 1.54) is 0 Å². The van der Waals surface area contributed by atoms with Gasteiger partial charge in [-0.05, 0) is 47.1 Å². The van der Waals surface area contributed by atoms with Crippen LogP contribution in [0.25, 0.3) is 0 Å². The summed E-state index contributed by atoms with van der Waals surface area (Å²) in [5.74, 6) is 1.73. The van der Waals surface area contributed by atoms with Crippen LogP contribution in [0, 0.1) is 0 Å². The lowest BCUT2D eigenvalue weighted by Gasteiger charge is -2.19. The Hall–Kier alpha value is -1.04. The topological polar surface area (TPSA) is 47.5 Å². The normalized spacial score (nSPS) is 14.6. The van der Waals surface area contributed by atoms with Crippen molar-refractivity contribution in [1.82, 2.24) is 5.32 Å². The third-order valence-corrected chi connectivity index (χ3v) is 3.12. The first kappa shape index (κ1) is 13.4. The van der Waals surface area contributed by atoms with Gasteiger partial charge in [0.2, 0.25) is 0 Å². The van der Waals surface area contributed by atoms with E-state index in [-0.39, 0.29) is 12.1 Å².